The highest BCUT2D eigenvalue weighted by atomic mass is 32.2. The van der Waals surface area contributed by atoms with Crippen molar-refractivity contribution >= 4 is 34.7 Å². The van der Waals surface area contributed by atoms with Crippen molar-refractivity contribution in [2.24, 2.45) is 5.73 Å². The van der Waals surface area contributed by atoms with Gasteiger partial charge in [0, 0.05) is 17.3 Å². The summed E-state index contributed by atoms with van der Waals surface area (Å²) in [5.74, 6) is 2.48. The zero-order chi connectivity index (χ0) is 12.3. The van der Waals surface area contributed by atoms with Crippen LogP contribution < -0.4 is 11.1 Å². The fourth-order valence-electron chi connectivity index (χ4n) is 2.05. The summed E-state index contributed by atoms with van der Waals surface area (Å²) in [6, 6.07) is 6.76. The third-order valence-electron chi connectivity index (χ3n) is 3.02. The lowest BCUT2D eigenvalue weighted by molar-refractivity contribution is 0.666. The fourth-order valence-corrected chi connectivity index (χ4v) is 3.34. The summed E-state index contributed by atoms with van der Waals surface area (Å²) in [5.41, 5.74) is 9.04. The molecule has 0 aromatic heterocycles. The number of hydrogen-bond acceptors (Lipinski definition) is 3. The molecule has 92 valence electrons. The molecule has 1 saturated heterocycles. The average Bonchev–Trinajstić information content (AvgIpc) is 2.30. The number of nitrogens with one attached hydrogen (secondary N) is 1. The largest absolute Gasteiger partial charge is 0.389 e. The van der Waals surface area contributed by atoms with Gasteiger partial charge in [-0.1, -0.05) is 18.3 Å². The van der Waals surface area contributed by atoms with Gasteiger partial charge in [-0.25, -0.2) is 0 Å². The molecule has 0 amide bonds. The van der Waals surface area contributed by atoms with Crippen molar-refractivity contribution in [2.75, 3.05) is 16.8 Å². The molecule has 0 saturated carbocycles. The lowest BCUT2D eigenvalue weighted by Gasteiger charge is -2.25. The highest BCUT2D eigenvalue weighted by Crippen LogP contribution is 2.24. The smallest absolute Gasteiger partial charge is 0.106 e. The predicted octanol–water partition coefficient (Wildman–Crippen LogP) is 2.94. The molecule has 0 atom stereocenters. The molecule has 1 fully saturated rings. The summed E-state index contributed by atoms with van der Waals surface area (Å²) >= 11 is 7.13. The monoisotopic (exact) mass is 266 g/mol. The second-order valence-electron chi connectivity index (χ2n) is 4.44. The molecule has 2 rings (SSSR count). The molecule has 0 unspecified atom stereocenters. The van der Waals surface area contributed by atoms with Crippen LogP contribution in [0.15, 0.2) is 18.2 Å². The van der Waals surface area contributed by atoms with Gasteiger partial charge in [0.15, 0.2) is 0 Å². The molecule has 3 N–H and O–H groups in total. The molecule has 0 radical (unpaired) electrons. The molecule has 2 nitrogen and oxygen atoms in total. The van der Waals surface area contributed by atoms with Crippen LogP contribution in [0.25, 0.3) is 0 Å². The molecular weight excluding hydrogens is 248 g/mol. The van der Waals surface area contributed by atoms with Crippen LogP contribution in [-0.4, -0.2) is 22.5 Å². The predicted molar refractivity (Wildman–Crippen MR) is 81.0 cm³/mol. The second kappa shape index (κ2) is 5.74. The highest BCUT2D eigenvalue weighted by molar-refractivity contribution is 7.99. The normalized spacial score (nSPS) is 16.8. The first kappa shape index (κ1) is 12.7. The Hall–Kier alpha value is -0.740. The molecule has 1 aromatic carbocycles. The van der Waals surface area contributed by atoms with Gasteiger partial charge in [0.1, 0.15) is 4.99 Å². The highest BCUT2D eigenvalue weighted by Gasteiger charge is 2.15. The van der Waals surface area contributed by atoms with Crippen LogP contribution in [-0.2, 0) is 0 Å². The third-order valence-corrected chi connectivity index (χ3v) is 4.29. The maximum atomic E-state index is 5.76. The molecule has 1 aliphatic rings. The van der Waals surface area contributed by atoms with Crippen molar-refractivity contribution in [3.63, 3.8) is 0 Å². The van der Waals surface area contributed by atoms with Crippen LogP contribution >= 0.6 is 24.0 Å². The van der Waals surface area contributed by atoms with Gasteiger partial charge in [0.05, 0.1) is 0 Å². The molecule has 0 bridgehead atoms. The first-order valence-electron chi connectivity index (χ1n) is 5.91. The van der Waals surface area contributed by atoms with Crippen molar-refractivity contribution < 1.29 is 0 Å². The molecule has 1 heterocycles. The summed E-state index contributed by atoms with van der Waals surface area (Å²) < 4.78 is 0. The molecular formula is C13H18N2S2. The average molecular weight is 266 g/mol. The van der Waals surface area contributed by atoms with Crippen LogP contribution in [0.1, 0.15) is 24.0 Å². The lowest BCUT2D eigenvalue weighted by Crippen LogP contribution is -2.26. The van der Waals surface area contributed by atoms with E-state index in [9.17, 15) is 0 Å². The Bertz CT molecular complexity index is 412. The van der Waals surface area contributed by atoms with E-state index in [2.05, 4.69) is 24.4 Å². The third kappa shape index (κ3) is 3.36. The van der Waals surface area contributed by atoms with Crippen LogP contribution in [0, 0.1) is 6.92 Å². The minimum Gasteiger partial charge on any atom is -0.389 e. The van der Waals surface area contributed by atoms with Gasteiger partial charge in [0.25, 0.3) is 0 Å². The summed E-state index contributed by atoms with van der Waals surface area (Å²) in [6.45, 7) is 2.09. The van der Waals surface area contributed by atoms with Gasteiger partial charge in [-0.3, -0.25) is 0 Å². The number of hydrogen-bond donors (Lipinski definition) is 2. The summed E-state index contributed by atoms with van der Waals surface area (Å²) in [5, 5.41) is 3.59. The quantitative estimate of drug-likeness (QED) is 0.825. The Morgan fingerprint density at radius 2 is 2.12 bits per heavy atom. The number of nitrogens with two attached hydrogens (primary N) is 1. The van der Waals surface area contributed by atoms with E-state index in [0.29, 0.717) is 11.0 Å². The number of benzene rings is 1. The number of thiocarbonyl (C=S) groups is 1. The molecule has 0 spiro atoms. The topological polar surface area (TPSA) is 38.0 Å². The summed E-state index contributed by atoms with van der Waals surface area (Å²) in [4.78, 5) is 0.470. The Balaban J connectivity index is 2.17. The number of thioether (sulfide) groups is 1. The van der Waals surface area contributed by atoms with Gasteiger partial charge in [-0.05, 0) is 49.0 Å². The number of anilines is 1. The molecule has 4 heteroatoms. The van der Waals surface area contributed by atoms with E-state index in [1.165, 1.54) is 29.9 Å². The minimum atomic E-state index is 0.470. The Labute approximate surface area is 112 Å². The van der Waals surface area contributed by atoms with E-state index in [0.717, 1.165) is 11.3 Å². The van der Waals surface area contributed by atoms with E-state index in [1.807, 2.05) is 17.8 Å². The first-order chi connectivity index (χ1) is 8.16. The van der Waals surface area contributed by atoms with Crippen molar-refractivity contribution in [1.82, 2.24) is 0 Å². The van der Waals surface area contributed by atoms with Gasteiger partial charge >= 0.3 is 0 Å². The lowest BCUT2D eigenvalue weighted by atomic mass is 10.1. The zero-order valence-corrected chi connectivity index (χ0v) is 11.7. The van der Waals surface area contributed by atoms with Crippen molar-refractivity contribution in [2.45, 2.75) is 25.8 Å². The first-order valence-corrected chi connectivity index (χ1v) is 7.48. The Kier molecular flexibility index (Phi) is 4.29. The van der Waals surface area contributed by atoms with Gasteiger partial charge < -0.3 is 11.1 Å². The van der Waals surface area contributed by atoms with Gasteiger partial charge in [0.2, 0.25) is 0 Å². The van der Waals surface area contributed by atoms with Gasteiger partial charge in [-0.2, -0.15) is 11.8 Å². The van der Waals surface area contributed by atoms with E-state index in [4.69, 9.17) is 18.0 Å². The summed E-state index contributed by atoms with van der Waals surface area (Å²) in [7, 11) is 0. The number of aryl methyl sites for hydroxylation is 1. The standard InChI is InChI=1S/C13H18N2S2/c1-9-2-3-11(13(14)16)12(8-9)15-10-4-6-17-7-5-10/h2-3,8,10,15H,4-7H2,1H3,(H2,14,16). The van der Waals surface area contributed by atoms with Crippen LogP contribution in [0.4, 0.5) is 5.69 Å². The minimum absolute atomic E-state index is 0.470. The van der Waals surface area contributed by atoms with E-state index in [-0.39, 0.29) is 0 Å². The second-order valence-corrected chi connectivity index (χ2v) is 6.11. The van der Waals surface area contributed by atoms with Crippen molar-refractivity contribution in [3.8, 4) is 0 Å². The molecule has 1 aliphatic heterocycles. The van der Waals surface area contributed by atoms with Crippen LogP contribution in [0.5, 0.6) is 0 Å². The Morgan fingerprint density at radius 3 is 2.76 bits per heavy atom. The van der Waals surface area contributed by atoms with Crippen LogP contribution in [0.3, 0.4) is 0 Å². The van der Waals surface area contributed by atoms with Crippen molar-refractivity contribution in [1.29, 1.82) is 0 Å². The van der Waals surface area contributed by atoms with E-state index >= 15 is 0 Å². The molecule has 1 aromatic rings. The zero-order valence-electron chi connectivity index (χ0n) is 10.0. The molecule has 0 aliphatic carbocycles. The Morgan fingerprint density at radius 1 is 1.41 bits per heavy atom. The maximum Gasteiger partial charge on any atom is 0.106 e. The number of rotatable bonds is 3. The maximum absolute atomic E-state index is 5.76. The van der Waals surface area contributed by atoms with E-state index < -0.39 is 0 Å². The summed E-state index contributed by atoms with van der Waals surface area (Å²) in [6.07, 6.45) is 2.44. The fraction of sp³-hybridized carbons (Fsp3) is 0.462. The van der Waals surface area contributed by atoms with Crippen LogP contribution in [0.2, 0.25) is 0 Å². The van der Waals surface area contributed by atoms with Crippen molar-refractivity contribution in [3.05, 3.63) is 29.3 Å². The van der Waals surface area contributed by atoms with Gasteiger partial charge in [-0.15, -0.1) is 0 Å². The molecule has 17 heavy (non-hydrogen) atoms. The van der Waals surface area contributed by atoms with E-state index in [1.54, 1.807) is 0 Å². The SMILES string of the molecule is Cc1ccc(C(N)=S)c(NC2CCSCC2)c1.